The number of aromatic hydroxyl groups is 1. The van der Waals surface area contributed by atoms with Crippen molar-refractivity contribution in [2.75, 3.05) is 31.6 Å². The summed E-state index contributed by atoms with van der Waals surface area (Å²) in [7, 11) is 0. The second-order valence-electron chi connectivity index (χ2n) is 7.37. The number of carbonyl (C=O) groups excluding carboxylic acids is 1. The number of nitrogens with zero attached hydrogens (tertiary/aromatic N) is 1. The van der Waals surface area contributed by atoms with Gasteiger partial charge < -0.3 is 19.9 Å². The number of morpholine rings is 1. The van der Waals surface area contributed by atoms with E-state index >= 15 is 0 Å². The third-order valence-electron chi connectivity index (χ3n) is 5.37. The van der Waals surface area contributed by atoms with Gasteiger partial charge in [0, 0.05) is 36.1 Å². The van der Waals surface area contributed by atoms with Crippen molar-refractivity contribution in [3.8, 4) is 11.5 Å². The van der Waals surface area contributed by atoms with Crippen molar-refractivity contribution in [1.82, 2.24) is 4.90 Å². The lowest BCUT2D eigenvalue weighted by Gasteiger charge is -2.38. The second-order valence-corrected chi connectivity index (χ2v) is 7.37. The van der Waals surface area contributed by atoms with Crippen molar-refractivity contribution in [1.29, 1.82) is 0 Å². The molecule has 6 nitrogen and oxygen atoms in total. The molecule has 1 saturated heterocycles. The zero-order chi connectivity index (χ0) is 16.9. The van der Waals surface area contributed by atoms with E-state index in [2.05, 4.69) is 24.1 Å². The molecule has 24 heavy (non-hydrogen) atoms. The lowest BCUT2D eigenvalue weighted by Crippen LogP contribution is -2.52. The molecule has 0 radical (unpaired) electrons. The Labute approximate surface area is 141 Å². The topological polar surface area (TPSA) is 71.0 Å². The number of hydrogen-bond acceptors (Lipinski definition) is 5. The fraction of sp³-hybridized carbons (Fsp3) is 0.611. The molecule has 0 aromatic heterocycles. The average Bonchev–Trinajstić information content (AvgIpc) is 2.71. The number of nitrogens with one attached hydrogen (secondary N) is 1. The number of amides is 1. The summed E-state index contributed by atoms with van der Waals surface area (Å²) in [4.78, 5) is 14.2. The van der Waals surface area contributed by atoms with E-state index < -0.39 is 0 Å². The molecular weight excluding hydrogens is 308 g/mol. The summed E-state index contributed by atoms with van der Waals surface area (Å²) >= 11 is 0. The molecule has 6 heteroatoms. The average molecular weight is 332 g/mol. The molecule has 1 amide bonds. The molecule has 2 N–H and O–H groups in total. The van der Waals surface area contributed by atoms with Gasteiger partial charge in [0.15, 0.2) is 6.23 Å². The highest BCUT2D eigenvalue weighted by Gasteiger charge is 2.47. The van der Waals surface area contributed by atoms with Crippen molar-refractivity contribution in [2.45, 2.75) is 44.8 Å². The van der Waals surface area contributed by atoms with Gasteiger partial charge in [-0.15, -0.1) is 0 Å². The van der Waals surface area contributed by atoms with Gasteiger partial charge in [0.2, 0.25) is 5.91 Å². The number of hydrogen-bond donors (Lipinski definition) is 2. The van der Waals surface area contributed by atoms with Crippen LogP contribution in [0.25, 0.3) is 0 Å². The Kier molecular flexibility index (Phi) is 3.69. The Morgan fingerprint density at radius 1 is 1.29 bits per heavy atom. The van der Waals surface area contributed by atoms with Crippen LogP contribution in [0.1, 0.15) is 37.8 Å². The highest BCUT2D eigenvalue weighted by Crippen LogP contribution is 2.51. The fourth-order valence-corrected chi connectivity index (χ4v) is 4.06. The van der Waals surface area contributed by atoms with Crippen LogP contribution in [0.2, 0.25) is 0 Å². The van der Waals surface area contributed by atoms with Crippen molar-refractivity contribution in [3.63, 3.8) is 0 Å². The monoisotopic (exact) mass is 332 g/mol. The molecule has 130 valence electrons. The van der Waals surface area contributed by atoms with E-state index in [-0.39, 0.29) is 23.3 Å². The highest BCUT2D eigenvalue weighted by molar-refractivity contribution is 5.95. The zero-order valence-electron chi connectivity index (χ0n) is 14.2. The molecular formula is C18H24N2O4. The summed E-state index contributed by atoms with van der Waals surface area (Å²) in [5.74, 6) is 0.927. The molecule has 4 rings (SSSR count). The molecule has 0 saturated carbocycles. The molecule has 0 aliphatic carbocycles. The number of benzene rings is 1. The Balaban J connectivity index is 1.77. The second kappa shape index (κ2) is 5.63. The first-order valence-corrected chi connectivity index (χ1v) is 8.66. The van der Waals surface area contributed by atoms with E-state index in [1.807, 2.05) is 0 Å². The number of phenols is 1. The Morgan fingerprint density at radius 3 is 2.79 bits per heavy atom. The van der Waals surface area contributed by atoms with Gasteiger partial charge in [-0.25, -0.2) is 0 Å². The molecule has 3 aliphatic heterocycles. The summed E-state index contributed by atoms with van der Waals surface area (Å²) in [6, 6.07) is 1.76. The number of carbonyl (C=O) groups is 1. The quantitative estimate of drug-likeness (QED) is 0.770. The van der Waals surface area contributed by atoms with Gasteiger partial charge in [-0.05, 0) is 18.9 Å². The maximum absolute atomic E-state index is 11.9. The smallest absolute Gasteiger partial charge is 0.224 e. The van der Waals surface area contributed by atoms with Gasteiger partial charge >= 0.3 is 0 Å². The van der Waals surface area contributed by atoms with E-state index in [0.717, 1.165) is 42.8 Å². The summed E-state index contributed by atoms with van der Waals surface area (Å²) in [5, 5.41) is 13.3. The Hall–Kier alpha value is -1.79. The van der Waals surface area contributed by atoms with Crippen LogP contribution in [0, 0.1) is 0 Å². The molecule has 0 spiro atoms. The molecule has 0 bridgehead atoms. The minimum atomic E-state index is -0.241. The fourth-order valence-electron chi connectivity index (χ4n) is 4.06. The maximum Gasteiger partial charge on any atom is 0.224 e. The lowest BCUT2D eigenvalue weighted by atomic mass is 9.82. The minimum Gasteiger partial charge on any atom is -0.506 e. The van der Waals surface area contributed by atoms with E-state index in [0.29, 0.717) is 25.3 Å². The largest absolute Gasteiger partial charge is 0.506 e. The van der Waals surface area contributed by atoms with Crippen LogP contribution in [0.4, 0.5) is 5.69 Å². The molecule has 3 aliphatic rings. The summed E-state index contributed by atoms with van der Waals surface area (Å²) in [6.45, 7) is 7.41. The molecule has 3 heterocycles. The molecule has 1 aromatic rings. The van der Waals surface area contributed by atoms with Gasteiger partial charge in [-0.1, -0.05) is 13.8 Å². The minimum absolute atomic E-state index is 0.0500. The highest BCUT2D eigenvalue weighted by atomic mass is 16.5. The third-order valence-corrected chi connectivity index (χ3v) is 5.37. The van der Waals surface area contributed by atoms with Crippen molar-refractivity contribution in [2.24, 2.45) is 0 Å². The SMILES string of the molecule is CC1(C)c2cc(O)c3c(c2OC1N1CCOCC1)CCCC(=O)N3. The van der Waals surface area contributed by atoms with Crippen LogP contribution in [-0.4, -0.2) is 48.4 Å². The molecule has 1 unspecified atom stereocenters. The van der Waals surface area contributed by atoms with Crippen LogP contribution in [0.15, 0.2) is 6.07 Å². The number of phenolic OH excluding ortho intramolecular Hbond substituents is 1. The molecule has 1 fully saturated rings. The lowest BCUT2D eigenvalue weighted by molar-refractivity contribution is -0.116. The van der Waals surface area contributed by atoms with Crippen molar-refractivity contribution >= 4 is 11.6 Å². The van der Waals surface area contributed by atoms with Crippen LogP contribution in [-0.2, 0) is 21.4 Å². The third kappa shape index (κ3) is 2.36. The van der Waals surface area contributed by atoms with Crippen LogP contribution >= 0.6 is 0 Å². The standard InChI is InChI=1S/C18H24N2O4/c1-18(2)12-10-13(21)15-11(4-3-5-14(22)19-15)16(12)24-17(18)20-6-8-23-9-7-20/h10,17,21H,3-9H2,1-2H3,(H,19,22). The predicted molar refractivity (Wildman–Crippen MR) is 89.5 cm³/mol. The number of anilines is 1. The molecule has 1 atom stereocenters. The predicted octanol–water partition coefficient (Wildman–Crippen LogP) is 2.00. The number of fused-ring (bicyclic) bond motifs is 3. The van der Waals surface area contributed by atoms with Crippen molar-refractivity contribution in [3.05, 3.63) is 17.2 Å². The van der Waals surface area contributed by atoms with E-state index in [9.17, 15) is 9.90 Å². The first-order valence-electron chi connectivity index (χ1n) is 8.66. The zero-order valence-corrected chi connectivity index (χ0v) is 14.2. The van der Waals surface area contributed by atoms with Crippen LogP contribution in [0.3, 0.4) is 0 Å². The van der Waals surface area contributed by atoms with Gasteiger partial charge in [-0.3, -0.25) is 9.69 Å². The van der Waals surface area contributed by atoms with Crippen LogP contribution < -0.4 is 10.1 Å². The first kappa shape index (κ1) is 15.7. The van der Waals surface area contributed by atoms with Gasteiger partial charge in [0.25, 0.3) is 0 Å². The number of rotatable bonds is 1. The van der Waals surface area contributed by atoms with E-state index in [4.69, 9.17) is 9.47 Å². The Morgan fingerprint density at radius 2 is 2.04 bits per heavy atom. The van der Waals surface area contributed by atoms with Crippen LogP contribution in [0.5, 0.6) is 11.5 Å². The number of ether oxygens (including phenoxy) is 2. The normalized spacial score (nSPS) is 26.1. The summed E-state index contributed by atoms with van der Waals surface area (Å²) in [6.07, 6.45) is 1.89. The van der Waals surface area contributed by atoms with E-state index in [1.165, 1.54) is 0 Å². The van der Waals surface area contributed by atoms with Crippen molar-refractivity contribution < 1.29 is 19.4 Å². The van der Waals surface area contributed by atoms with E-state index in [1.54, 1.807) is 6.07 Å². The first-order chi connectivity index (χ1) is 11.5. The Bertz CT molecular complexity index is 680. The van der Waals surface area contributed by atoms with Gasteiger partial charge in [0.05, 0.1) is 18.9 Å². The molecule has 1 aromatic carbocycles. The van der Waals surface area contributed by atoms with Gasteiger partial charge in [-0.2, -0.15) is 0 Å². The summed E-state index contributed by atoms with van der Waals surface area (Å²) in [5.41, 5.74) is 2.23. The summed E-state index contributed by atoms with van der Waals surface area (Å²) < 4.78 is 11.9. The van der Waals surface area contributed by atoms with Gasteiger partial charge in [0.1, 0.15) is 11.5 Å². The maximum atomic E-state index is 11.9.